The van der Waals surface area contributed by atoms with Gasteiger partial charge in [-0.05, 0) is 31.9 Å². The Kier molecular flexibility index (Phi) is 3.40. The van der Waals surface area contributed by atoms with Crippen LogP contribution < -0.4 is 5.73 Å². The maximum atomic E-state index is 5.96. The van der Waals surface area contributed by atoms with E-state index >= 15 is 0 Å². The molecule has 2 heteroatoms. The summed E-state index contributed by atoms with van der Waals surface area (Å²) in [6, 6.07) is 8.22. The van der Waals surface area contributed by atoms with E-state index in [1.165, 1.54) is 11.1 Å². The molecule has 0 heterocycles. The van der Waals surface area contributed by atoms with E-state index in [1.54, 1.807) is 0 Å². The van der Waals surface area contributed by atoms with Crippen molar-refractivity contribution in [2.75, 3.05) is 0 Å². The summed E-state index contributed by atoms with van der Waals surface area (Å²) >= 11 is 0. The van der Waals surface area contributed by atoms with Crippen LogP contribution in [0.1, 0.15) is 25.0 Å². The molecular formula is C10H16FN. The van der Waals surface area contributed by atoms with Gasteiger partial charge in [0.15, 0.2) is 0 Å². The van der Waals surface area contributed by atoms with Crippen LogP contribution in [0.25, 0.3) is 0 Å². The van der Waals surface area contributed by atoms with E-state index in [9.17, 15) is 0 Å². The van der Waals surface area contributed by atoms with Crippen LogP contribution in [-0.4, -0.2) is 0 Å². The van der Waals surface area contributed by atoms with Crippen molar-refractivity contribution in [2.24, 2.45) is 5.73 Å². The Morgan fingerprint density at radius 2 is 1.67 bits per heavy atom. The highest BCUT2D eigenvalue weighted by atomic mass is 19.0. The summed E-state index contributed by atoms with van der Waals surface area (Å²) in [5.41, 5.74) is 8.23. The molecule has 0 saturated heterocycles. The fourth-order valence-corrected chi connectivity index (χ4v) is 1.30. The topological polar surface area (TPSA) is 26.0 Å². The third-order valence-corrected chi connectivity index (χ3v) is 1.84. The molecule has 0 aliphatic rings. The fourth-order valence-electron chi connectivity index (χ4n) is 1.30. The summed E-state index contributed by atoms with van der Waals surface area (Å²) in [6.07, 6.45) is 0. The highest BCUT2D eigenvalue weighted by Crippen LogP contribution is 2.19. The van der Waals surface area contributed by atoms with E-state index in [-0.39, 0.29) is 10.2 Å². The summed E-state index contributed by atoms with van der Waals surface area (Å²) in [4.78, 5) is 0. The van der Waals surface area contributed by atoms with Crippen LogP contribution in [-0.2, 0) is 5.54 Å². The Labute approximate surface area is 73.0 Å². The lowest BCUT2D eigenvalue weighted by atomic mass is 9.92. The van der Waals surface area contributed by atoms with Crippen molar-refractivity contribution < 1.29 is 4.70 Å². The van der Waals surface area contributed by atoms with Crippen molar-refractivity contribution in [3.8, 4) is 0 Å². The Morgan fingerprint density at radius 1 is 1.17 bits per heavy atom. The van der Waals surface area contributed by atoms with Crippen LogP contribution >= 0.6 is 0 Å². The highest BCUT2D eigenvalue weighted by molar-refractivity contribution is 5.30. The largest absolute Gasteiger partial charge is 0.322 e. The molecule has 0 bridgehead atoms. The molecule has 0 radical (unpaired) electrons. The lowest BCUT2D eigenvalue weighted by Gasteiger charge is -2.21. The maximum Gasteiger partial charge on any atom is 0.0355 e. The number of nitrogens with two attached hydrogens (primary N) is 1. The van der Waals surface area contributed by atoms with Gasteiger partial charge in [0.1, 0.15) is 0 Å². The summed E-state index contributed by atoms with van der Waals surface area (Å²) in [7, 11) is 0. The molecule has 0 atom stereocenters. The van der Waals surface area contributed by atoms with Crippen LogP contribution in [0.5, 0.6) is 0 Å². The monoisotopic (exact) mass is 169 g/mol. The Balaban J connectivity index is 0.00000121. The fraction of sp³-hybridized carbons (Fsp3) is 0.400. The first-order chi connectivity index (χ1) is 5.02. The van der Waals surface area contributed by atoms with Gasteiger partial charge in [-0.2, -0.15) is 0 Å². The molecule has 1 nitrogen and oxygen atoms in total. The van der Waals surface area contributed by atoms with Gasteiger partial charge in [-0.3, -0.25) is 4.70 Å². The smallest absolute Gasteiger partial charge is 0.0355 e. The average Bonchev–Trinajstić information content (AvgIpc) is 1.86. The van der Waals surface area contributed by atoms with Gasteiger partial charge in [0, 0.05) is 5.54 Å². The maximum absolute atomic E-state index is 5.96. The van der Waals surface area contributed by atoms with Gasteiger partial charge in [0.2, 0.25) is 0 Å². The number of benzene rings is 1. The van der Waals surface area contributed by atoms with Crippen LogP contribution in [0, 0.1) is 6.92 Å². The van der Waals surface area contributed by atoms with E-state index in [0.717, 1.165) is 0 Å². The zero-order valence-corrected chi connectivity index (χ0v) is 7.79. The minimum atomic E-state index is -0.217. The zero-order valence-electron chi connectivity index (χ0n) is 7.79. The Morgan fingerprint density at radius 3 is 2.00 bits per heavy atom. The molecule has 0 aliphatic heterocycles. The van der Waals surface area contributed by atoms with Crippen LogP contribution in [0.2, 0.25) is 0 Å². The lowest BCUT2D eigenvalue weighted by Crippen LogP contribution is -2.29. The molecule has 0 fully saturated rings. The van der Waals surface area contributed by atoms with Gasteiger partial charge in [0.05, 0.1) is 0 Å². The molecule has 0 aliphatic carbocycles. The summed E-state index contributed by atoms with van der Waals surface area (Å²) in [5, 5.41) is 0. The first-order valence-corrected chi connectivity index (χ1v) is 3.87. The minimum absolute atomic E-state index is 0. The minimum Gasteiger partial charge on any atom is -0.322 e. The van der Waals surface area contributed by atoms with Crippen LogP contribution in [0.15, 0.2) is 24.3 Å². The van der Waals surface area contributed by atoms with Gasteiger partial charge >= 0.3 is 0 Å². The summed E-state index contributed by atoms with van der Waals surface area (Å²) < 4.78 is 0. The van der Waals surface area contributed by atoms with Crippen molar-refractivity contribution in [1.29, 1.82) is 0 Å². The number of rotatable bonds is 1. The third kappa shape index (κ3) is 2.31. The van der Waals surface area contributed by atoms with Gasteiger partial charge < -0.3 is 5.73 Å². The normalized spacial score (nSPS) is 10.7. The number of hydrogen-bond donors (Lipinski definition) is 1. The number of aryl methyl sites for hydroxylation is 1. The third-order valence-electron chi connectivity index (χ3n) is 1.84. The molecule has 68 valence electrons. The van der Waals surface area contributed by atoms with Gasteiger partial charge in [-0.15, -0.1) is 0 Å². The molecule has 1 rings (SSSR count). The number of halogens is 1. The second-order valence-corrected chi connectivity index (χ2v) is 3.54. The van der Waals surface area contributed by atoms with E-state index in [4.69, 9.17) is 5.73 Å². The molecule has 12 heavy (non-hydrogen) atoms. The molecule has 0 spiro atoms. The zero-order chi connectivity index (χ0) is 8.48. The van der Waals surface area contributed by atoms with Crippen LogP contribution in [0.3, 0.4) is 0 Å². The molecule has 0 aromatic heterocycles. The highest BCUT2D eigenvalue weighted by Gasteiger charge is 2.14. The standard InChI is InChI=1S/C10H15N.FH/c1-8-6-4-5-7-9(8)10(2,3)11;/h4-7H,11H2,1-3H3;1H. The SMILES string of the molecule is Cc1ccccc1C(C)(C)N.F. The van der Waals surface area contributed by atoms with E-state index in [2.05, 4.69) is 19.1 Å². The van der Waals surface area contributed by atoms with Gasteiger partial charge in [0.25, 0.3) is 0 Å². The first kappa shape index (κ1) is 11.1. The molecule has 1 aromatic carbocycles. The van der Waals surface area contributed by atoms with E-state index in [1.807, 2.05) is 26.0 Å². The van der Waals surface area contributed by atoms with Crippen molar-refractivity contribution in [3.63, 3.8) is 0 Å². The second kappa shape index (κ2) is 3.68. The molecule has 0 unspecified atom stereocenters. The van der Waals surface area contributed by atoms with Crippen molar-refractivity contribution in [1.82, 2.24) is 0 Å². The van der Waals surface area contributed by atoms with Gasteiger partial charge in [-0.1, -0.05) is 24.3 Å². The predicted molar refractivity (Wildman–Crippen MR) is 50.9 cm³/mol. The molecule has 0 saturated carbocycles. The lowest BCUT2D eigenvalue weighted by molar-refractivity contribution is 0.551. The average molecular weight is 169 g/mol. The Hall–Kier alpha value is -0.890. The first-order valence-electron chi connectivity index (χ1n) is 3.87. The molecule has 0 amide bonds. The predicted octanol–water partition coefficient (Wildman–Crippen LogP) is 2.34. The van der Waals surface area contributed by atoms with Crippen molar-refractivity contribution in [2.45, 2.75) is 26.3 Å². The molecule has 2 N–H and O–H groups in total. The van der Waals surface area contributed by atoms with Crippen LogP contribution in [0.4, 0.5) is 4.70 Å². The second-order valence-electron chi connectivity index (χ2n) is 3.54. The van der Waals surface area contributed by atoms with Crippen molar-refractivity contribution in [3.05, 3.63) is 35.4 Å². The quantitative estimate of drug-likeness (QED) is 0.686. The summed E-state index contributed by atoms with van der Waals surface area (Å²) in [5.74, 6) is 0. The van der Waals surface area contributed by atoms with E-state index in [0.29, 0.717) is 0 Å². The Bertz CT molecular complexity index is 250. The molecule has 1 aromatic rings. The molecular weight excluding hydrogens is 153 g/mol. The van der Waals surface area contributed by atoms with E-state index < -0.39 is 0 Å². The number of hydrogen-bond acceptors (Lipinski definition) is 1. The van der Waals surface area contributed by atoms with Crippen molar-refractivity contribution >= 4 is 0 Å². The summed E-state index contributed by atoms with van der Waals surface area (Å²) in [6.45, 7) is 6.13. The van der Waals surface area contributed by atoms with Gasteiger partial charge in [-0.25, -0.2) is 0 Å².